The maximum Gasteiger partial charge on any atom is 0.251 e. The van der Waals surface area contributed by atoms with Crippen LogP contribution in [0.5, 0.6) is 0 Å². The van der Waals surface area contributed by atoms with Gasteiger partial charge >= 0.3 is 0 Å². The molecule has 0 radical (unpaired) electrons. The van der Waals surface area contributed by atoms with Gasteiger partial charge < -0.3 is 25.8 Å². The smallest absolute Gasteiger partial charge is 0.251 e. The van der Waals surface area contributed by atoms with Gasteiger partial charge in [0.2, 0.25) is 11.9 Å². The Balaban J connectivity index is 1.59. The number of piperidine rings is 1. The van der Waals surface area contributed by atoms with Crippen molar-refractivity contribution in [2.45, 2.75) is 77.8 Å². The Bertz CT molecular complexity index is 1210. The number of carbonyl (C=O) groups excluding carboxylic acids is 2. The lowest BCUT2D eigenvalue weighted by molar-refractivity contribution is 0.0931. The van der Waals surface area contributed by atoms with Crippen molar-refractivity contribution >= 4 is 34.5 Å². The van der Waals surface area contributed by atoms with Crippen LogP contribution < -0.4 is 16.4 Å². The number of amides is 2. The number of aryl methyl sites for hydroxylation is 1. The Labute approximate surface area is 226 Å². The lowest BCUT2D eigenvalue weighted by Gasteiger charge is -2.26. The highest BCUT2D eigenvalue weighted by atomic mass is 16.2. The second-order valence-electron chi connectivity index (χ2n) is 10.4. The molecule has 4 N–H and O–H groups in total. The molecule has 3 aromatic rings. The summed E-state index contributed by atoms with van der Waals surface area (Å²) in [6.45, 7) is 8.47. The Morgan fingerprint density at radius 3 is 2.29 bits per heavy atom. The van der Waals surface area contributed by atoms with Gasteiger partial charge in [0.25, 0.3) is 5.91 Å². The maximum absolute atomic E-state index is 13.2. The van der Waals surface area contributed by atoms with Gasteiger partial charge in [-0.1, -0.05) is 33.1 Å². The van der Waals surface area contributed by atoms with Crippen molar-refractivity contribution in [2.75, 3.05) is 25.0 Å². The van der Waals surface area contributed by atoms with Crippen molar-refractivity contribution < 1.29 is 9.59 Å². The second kappa shape index (κ2) is 13.4. The van der Waals surface area contributed by atoms with Gasteiger partial charge in [-0.3, -0.25) is 9.59 Å². The van der Waals surface area contributed by atoms with Crippen molar-refractivity contribution in [1.29, 1.82) is 0 Å². The summed E-state index contributed by atoms with van der Waals surface area (Å²) in [5, 5.41) is 6.65. The Kier molecular flexibility index (Phi) is 9.76. The molecule has 1 aliphatic heterocycles. The molecule has 0 unspecified atom stereocenters. The molecular formula is C30H42N6O2. The highest BCUT2D eigenvalue weighted by Crippen LogP contribution is 2.25. The van der Waals surface area contributed by atoms with E-state index in [1.807, 2.05) is 30.3 Å². The molecule has 2 heterocycles. The minimum absolute atomic E-state index is 0.0311. The van der Waals surface area contributed by atoms with E-state index >= 15 is 0 Å². The first-order chi connectivity index (χ1) is 18.5. The van der Waals surface area contributed by atoms with Crippen LogP contribution >= 0.6 is 0 Å². The van der Waals surface area contributed by atoms with Crippen molar-refractivity contribution in [1.82, 2.24) is 19.8 Å². The van der Waals surface area contributed by atoms with Gasteiger partial charge in [0.15, 0.2) is 0 Å². The number of aromatic nitrogens is 2. The number of imidazole rings is 1. The molecule has 1 aromatic heterocycles. The highest BCUT2D eigenvalue weighted by molar-refractivity contribution is 5.98. The monoisotopic (exact) mass is 518 g/mol. The lowest BCUT2D eigenvalue weighted by Crippen LogP contribution is -2.34. The van der Waals surface area contributed by atoms with Crippen LogP contribution in [0.4, 0.5) is 11.6 Å². The zero-order valence-electron chi connectivity index (χ0n) is 22.8. The molecule has 8 heteroatoms. The number of hydrogen-bond acceptors (Lipinski definition) is 5. The zero-order chi connectivity index (χ0) is 26.9. The third-order valence-corrected chi connectivity index (χ3v) is 7.35. The van der Waals surface area contributed by atoms with Gasteiger partial charge in [-0.2, -0.15) is 0 Å². The van der Waals surface area contributed by atoms with Crippen LogP contribution in [0.15, 0.2) is 42.5 Å². The summed E-state index contributed by atoms with van der Waals surface area (Å²) in [5.74, 6) is 0.238. The number of fused-ring (bicyclic) bond motifs is 1. The molecular weight excluding hydrogens is 476 g/mol. The molecule has 8 nitrogen and oxygen atoms in total. The predicted molar refractivity (Wildman–Crippen MR) is 154 cm³/mol. The normalized spacial score (nSPS) is 14.2. The largest absolute Gasteiger partial charge is 0.366 e. The summed E-state index contributed by atoms with van der Waals surface area (Å²) in [6, 6.07) is 13.0. The standard InChI is InChI=1S/C30H42N6O2/c1-3-9-24(10-4-2)32-29(38)23-13-16-26-27(21-23)36(20-8-19-35-17-6-5-7-18-35)30(34-26)33-25-14-11-22(12-15-25)28(31)37/h11-16,21,24H,3-10,17-20H2,1-2H3,(H2,31,37)(H,32,38)(H,33,34). The van der Waals surface area contributed by atoms with Gasteiger partial charge in [0, 0.05) is 29.4 Å². The summed E-state index contributed by atoms with van der Waals surface area (Å²) in [5.41, 5.74) is 9.12. The number of hydrogen-bond donors (Lipinski definition) is 3. The predicted octanol–water partition coefficient (Wildman–Crippen LogP) is 5.45. The fourth-order valence-corrected chi connectivity index (χ4v) is 5.32. The number of anilines is 2. The first kappa shape index (κ1) is 27.6. The fraction of sp³-hybridized carbons (Fsp3) is 0.500. The summed E-state index contributed by atoms with van der Waals surface area (Å²) < 4.78 is 2.17. The molecule has 38 heavy (non-hydrogen) atoms. The molecule has 0 atom stereocenters. The van der Waals surface area contributed by atoms with Gasteiger partial charge in [-0.05, 0) is 94.2 Å². The molecule has 2 aromatic carbocycles. The molecule has 0 bridgehead atoms. The van der Waals surface area contributed by atoms with E-state index in [9.17, 15) is 9.59 Å². The van der Waals surface area contributed by atoms with E-state index in [0.717, 1.165) is 67.9 Å². The molecule has 0 saturated carbocycles. The number of likely N-dealkylation sites (tertiary alicyclic amines) is 1. The van der Waals surface area contributed by atoms with Crippen molar-refractivity contribution in [3.8, 4) is 0 Å². The van der Waals surface area contributed by atoms with Crippen molar-refractivity contribution in [3.63, 3.8) is 0 Å². The SMILES string of the molecule is CCCC(CCC)NC(=O)c1ccc2nc(Nc3ccc(C(N)=O)cc3)n(CCCN3CCCCC3)c2c1. The molecule has 1 fully saturated rings. The van der Waals surface area contributed by atoms with Crippen LogP contribution in [0, 0.1) is 0 Å². The number of benzene rings is 2. The topological polar surface area (TPSA) is 105 Å². The van der Waals surface area contributed by atoms with Crippen LogP contribution in [0.2, 0.25) is 0 Å². The molecule has 4 rings (SSSR count). The minimum atomic E-state index is -0.451. The molecule has 204 valence electrons. The summed E-state index contributed by atoms with van der Waals surface area (Å²) in [6.07, 6.45) is 8.93. The van der Waals surface area contributed by atoms with E-state index in [1.54, 1.807) is 12.1 Å². The van der Waals surface area contributed by atoms with Gasteiger partial charge in [0.05, 0.1) is 11.0 Å². The fourth-order valence-electron chi connectivity index (χ4n) is 5.32. The number of rotatable bonds is 13. The first-order valence-corrected chi connectivity index (χ1v) is 14.2. The van der Waals surface area contributed by atoms with Crippen LogP contribution in [-0.4, -0.2) is 51.9 Å². The lowest BCUT2D eigenvalue weighted by atomic mass is 10.1. The zero-order valence-corrected chi connectivity index (χ0v) is 22.8. The first-order valence-electron chi connectivity index (χ1n) is 14.2. The average molecular weight is 519 g/mol. The highest BCUT2D eigenvalue weighted by Gasteiger charge is 2.17. The van der Waals surface area contributed by atoms with Crippen LogP contribution in [0.3, 0.4) is 0 Å². The number of carbonyl (C=O) groups is 2. The number of nitrogens with zero attached hydrogens (tertiary/aromatic N) is 3. The summed E-state index contributed by atoms with van der Waals surface area (Å²) in [4.78, 5) is 32.0. The third-order valence-electron chi connectivity index (χ3n) is 7.35. The maximum atomic E-state index is 13.2. The van der Waals surface area contributed by atoms with E-state index in [-0.39, 0.29) is 11.9 Å². The van der Waals surface area contributed by atoms with E-state index < -0.39 is 5.91 Å². The molecule has 1 aliphatic rings. The summed E-state index contributed by atoms with van der Waals surface area (Å²) >= 11 is 0. The van der Waals surface area contributed by atoms with Crippen LogP contribution in [0.25, 0.3) is 11.0 Å². The minimum Gasteiger partial charge on any atom is -0.366 e. The number of primary amides is 1. The van der Waals surface area contributed by atoms with Crippen molar-refractivity contribution in [3.05, 3.63) is 53.6 Å². The van der Waals surface area contributed by atoms with E-state index in [2.05, 4.69) is 33.9 Å². The molecule has 2 amide bonds. The Hall–Kier alpha value is -3.39. The number of nitrogens with one attached hydrogen (secondary N) is 2. The van der Waals surface area contributed by atoms with Gasteiger partial charge in [-0.15, -0.1) is 0 Å². The Morgan fingerprint density at radius 2 is 1.63 bits per heavy atom. The van der Waals surface area contributed by atoms with Crippen LogP contribution in [-0.2, 0) is 6.54 Å². The Morgan fingerprint density at radius 1 is 0.947 bits per heavy atom. The second-order valence-corrected chi connectivity index (χ2v) is 10.4. The summed E-state index contributed by atoms with van der Waals surface area (Å²) in [7, 11) is 0. The van der Waals surface area contributed by atoms with Gasteiger partial charge in [0.1, 0.15) is 0 Å². The van der Waals surface area contributed by atoms with E-state index in [0.29, 0.717) is 11.1 Å². The van der Waals surface area contributed by atoms with Crippen molar-refractivity contribution in [2.24, 2.45) is 5.73 Å². The van der Waals surface area contributed by atoms with Gasteiger partial charge in [-0.25, -0.2) is 4.98 Å². The third kappa shape index (κ3) is 7.13. The average Bonchev–Trinajstić information content (AvgIpc) is 3.26. The molecule has 1 saturated heterocycles. The number of nitrogens with two attached hydrogens (primary N) is 1. The van der Waals surface area contributed by atoms with E-state index in [1.165, 1.54) is 32.4 Å². The van der Waals surface area contributed by atoms with E-state index in [4.69, 9.17) is 10.7 Å². The quantitative estimate of drug-likeness (QED) is 0.279. The molecule has 0 aliphatic carbocycles. The van der Waals surface area contributed by atoms with Crippen LogP contribution in [0.1, 0.15) is 85.9 Å². The molecule has 0 spiro atoms.